The predicted octanol–water partition coefficient (Wildman–Crippen LogP) is 4.82. The Morgan fingerprint density at radius 2 is 1.80 bits per heavy atom. The van der Waals surface area contributed by atoms with Crippen molar-refractivity contribution >= 4 is 33.5 Å². The molecular formula is C20H22BrNO3. The van der Waals surface area contributed by atoms with Gasteiger partial charge >= 0.3 is 5.97 Å². The van der Waals surface area contributed by atoms with Crippen molar-refractivity contribution in [3.8, 4) is 0 Å². The van der Waals surface area contributed by atoms with Crippen molar-refractivity contribution in [2.75, 3.05) is 5.32 Å². The van der Waals surface area contributed by atoms with E-state index in [9.17, 15) is 9.59 Å². The SMILES string of the molecule is Cc1ccc(NC(=O)[C@H](C)OC(=O)C[C@@H](C)c2ccccc2)c(Br)c1. The van der Waals surface area contributed by atoms with Crippen molar-refractivity contribution in [3.63, 3.8) is 0 Å². The summed E-state index contributed by atoms with van der Waals surface area (Å²) in [6.07, 6.45) is -0.626. The van der Waals surface area contributed by atoms with Crippen LogP contribution in [0.25, 0.3) is 0 Å². The molecule has 0 radical (unpaired) electrons. The second-order valence-corrected chi connectivity index (χ2v) is 6.97. The number of hydrogen-bond acceptors (Lipinski definition) is 3. The van der Waals surface area contributed by atoms with Crippen LogP contribution in [-0.2, 0) is 14.3 Å². The number of carbonyl (C=O) groups is 2. The number of esters is 1. The molecule has 0 aliphatic carbocycles. The van der Waals surface area contributed by atoms with Crippen LogP contribution in [0.15, 0.2) is 53.0 Å². The van der Waals surface area contributed by atoms with E-state index in [1.54, 1.807) is 6.92 Å². The molecule has 1 N–H and O–H groups in total. The van der Waals surface area contributed by atoms with Crippen LogP contribution in [0.3, 0.4) is 0 Å². The first kappa shape index (κ1) is 19.2. The van der Waals surface area contributed by atoms with Crippen molar-refractivity contribution in [1.82, 2.24) is 0 Å². The number of carbonyl (C=O) groups excluding carboxylic acids is 2. The van der Waals surface area contributed by atoms with Crippen LogP contribution >= 0.6 is 15.9 Å². The molecule has 5 heteroatoms. The number of aryl methyl sites for hydroxylation is 1. The molecule has 0 saturated heterocycles. The van der Waals surface area contributed by atoms with E-state index in [1.807, 2.05) is 62.4 Å². The monoisotopic (exact) mass is 403 g/mol. The van der Waals surface area contributed by atoms with Crippen molar-refractivity contribution in [2.45, 2.75) is 39.2 Å². The summed E-state index contributed by atoms with van der Waals surface area (Å²) in [6.45, 7) is 5.50. The van der Waals surface area contributed by atoms with Gasteiger partial charge in [0.2, 0.25) is 0 Å². The smallest absolute Gasteiger partial charge is 0.307 e. The van der Waals surface area contributed by atoms with E-state index in [4.69, 9.17) is 4.74 Å². The molecule has 0 aliphatic heterocycles. The quantitative estimate of drug-likeness (QED) is 0.703. The minimum atomic E-state index is -0.858. The number of benzene rings is 2. The molecule has 0 spiro atoms. The maximum atomic E-state index is 12.2. The first-order valence-corrected chi connectivity index (χ1v) is 8.97. The van der Waals surface area contributed by atoms with Crippen LogP contribution in [0.2, 0.25) is 0 Å². The maximum absolute atomic E-state index is 12.2. The summed E-state index contributed by atoms with van der Waals surface area (Å²) in [5.41, 5.74) is 2.80. The minimum absolute atomic E-state index is 0.0372. The van der Waals surface area contributed by atoms with Crippen LogP contribution in [0, 0.1) is 6.92 Å². The first-order valence-electron chi connectivity index (χ1n) is 8.18. The summed E-state index contributed by atoms with van der Waals surface area (Å²) in [7, 11) is 0. The van der Waals surface area contributed by atoms with Gasteiger partial charge in [0.15, 0.2) is 6.10 Å². The molecule has 0 fully saturated rings. The van der Waals surface area contributed by atoms with E-state index >= 15 is 0 Å². The molecule has 0 heterocycles. The summed E-state index contributed by atoms with van der Waals surface area (Å²) in [5, 5.41) is 2.76. The zero-order valence-corrected chi connectivity index (χ0v) is 16.2. The molecule has 2 aromatic rings. The third kappa shape index (κ3) is 5.71. The molecule has 2 atom stereocenters. The lowest BCUT2D eigenvalue weighted by atomic mass is 9.98. The molecule has 4 nitrogen and oxygen atoms in total. The highest BCUT2D eigenvalue weighted by Crippen LogP contribution is 2.24. The third-order valence-electron chi connectivity index (χ3n) is 3.90. The van der Waals surface area contributed by atoms with Crippen LogP contribution in [-0.4, -0.2) is 18.0 Å². The summed E-state index contributed by atoms with van der Waals surface area (Å²) in [6, 6.07) is 15.4. The number of ether oxygens (including phenoxy) is 1. The topological polar surface area (TPSA) is 55.4 Å². The van der Waals surface area contributed by atoms with Gasteiger partial charge in [-0.25, -0.2) is 0 Å². The van der Waals surface area contributed by atoms with Gasteiger partial charge in [0.05, 0.1) is 12.1 Å². The van der Waals surface area contributed by atoms with Gasteiger partial charge in [0.25, 0.3) is 5.91 Å². The standard InChI is InChI=1S/C20H22BrNO3/c1-13-9-10-18(17(21)11-13)22-20(24)15(3)25-19(23)12-14(2)16-7-5-4-6-8-16/h4-11,14-15H,12H2,1-3H3,(H,22,24)/t14-,15+/m1/s1. The van der Waals surface area contributed by atoms with Crippen molar-refractivity contribution in [2.24, 2.45) is 0 Å². The summed E-state index contributed by atoms with van der Waals surface area (Å²) in [4.78, 5) is 24.3. The van der Waals surface area contributed by atoms with Crippen molar-refractivity contribution in [1.29, 1.82) is 0 Å². The number of rotatable bonds is 6. The third-order valence-corrected chi connectivity index (χ3v) is 4.56. The fraction of sp³-hybridized carbons (Fsp3) is 0.300. The zero-order valence-electron chi connectivity index (χ0n) is 14.6. The predicted molar refractivity (Wildman–Crippen MR) is 103 cm³/mol. The van der Waals surface area contributed by atoms with Gasteiger partial charge in [-0.3, -0.25) is 9.59 Å². The Bertz CT molecular complexity index is 746. The highest BCUT2D eigenvalue weighted by atomic mass is 79.9. The first-order chi connectivity index (χ1) is 11.9. The molecule has 132 valence electrons. The van der Waals surface area contributed by atoms with Gasteiger partial charge in [-0.1, -0.05) is 43.3 Å². The Balaban J connectivity index is 1.88. The normalized spacial score (nSPS) is 13.0. The van der Waals surface area contributed by atoms with Crippen molar-refractivity contribution < 1.29 is 14.3 Å². The van der Waals surface area contributed by atoms with E-state index in [0.29, 0.717) is 5.69 Å². The molecular weight excluding hydrogens is 382 g/mol. The summed E-state index contributed by atoms with van der Waals surface area (Å²) in [5.74, 6) is -0.706. The van der Waals surface area contributed by atoms with Crippen LogP contribution in [0.4, 0.5) is 5.69 Å². The molecule has 0 saturated carbocycles. The number of hydrogen-bond donors (Lipinski definition) is 1. The van der Waals surface area contributed by atoms with Gasteiger partial charge in [-0.15, -0.1) is 0 Å². The largest absolute Gasteiger partial charge is 0.453 e. The van der Waals surface area contributed by atoms with E-state index in [-0.39, 0.29) is 24.2 Å². The lowest BCUT2D eigenvalue weighted by molar-refractivity contribution is -0.153. The zero-order chi connectivity index (χ0) is 18.4. The Hall–Kier alpha value is -2.14. The fourth-order valence-corrected chi connectivity index (χ4v) is 3.00. The average Bonchev–Trinajstić information content (AvgIpc) is 2.57. The van der Waals surface area contributed by atoms with Gasteiger partial charge in [-0.2, -0.15) is 0 Å². The van der Waals surface area contributed by atoms with Crippen LogP contribution in [0.5, 0.6) is 0 Å². The molecule has 0 aliphatic rings. The number of anilines is 1. The second-order valence-electron chi connectivity index (χ2n) is 6.12. The second kappa shape index (κ2) is 8.81. The van der Waals surface area contributed by atoms with Gasteiger partial charge in [0.1, 0.15) is 0 Å². The number of amides is 1. The highest BCUT2D eigenvalue weighted by molar-refractivity contribution is 9.10. The lowest BCUT2D eigenvalue weighted by Gasteiger charge is -2.16. The lowest BCUT2D eigenvalue weighted by Crippen LogP contribution is -2.30. The summed E-state index contributed by atoms with van der Waals surface area (Å²) < 4.78 is 6.06. The van der Waals surface area contributed by atoms with Crippen LogP contribution in [0.1, 0.15) is 37.3 Å². The molecule has 0 unspecified atom stereocenters. The molecule has 25 heavy (non-hydrogen) atoms. The van der Waals surface area contributed by atoms with Gasteiger partial charge < -0.3 is 10.1 Å². The molecule has 2 aromatic carbocycles. The Morgan fingerprint density at radius 1 is 1.12 bits per heavy atom. The molecule has 1 amide bonds. The molecule has 2 rings (SSSR count). The fourth-order valence-electron chi connectivity index (χ4n) is 2.40. The van der Waals surface area contributed by atoms with Crippen molar-refractivity contribution in [3.05, 3.63) is 64.1 Å². The van der Waals surface area contributed by atoms with Gasteiger partial charge in [0, 0.05) is 4.47 Å². The Labute approximate surface area is 156 Å². The van der Waals surface area contributed by atoms with Crippen LogP contribution < -0.4 is 5.32 Å². The van der Waals surface area contributed by atoms with E-state index in [0.717, 1.165) is 15.6 Å². The number of nitrogens with one attached hydrogen (secondary N) is 1. The Morgan fingerprint density at radius 3 is 2.44 bits per heavy atom. The average molecular weight is 404 g/mol. The molecule has 0 bridgehead atoms. The highest BCUT2D eigenvalue weighted by Gasteiger charge is 2.20. The van der Waals surface area contributed by atoms with E-state index in [1.165, 1.54) is 0 Å². The van der Waals surface area contributed by atoms with Gasteiger partial charge in [-0.05, 0) is 59.0 Å². The van der Waals surface area contributed by atoms with E-state index in [2.05, 4.69) is 21.2 Å². The number of halogens is 1. The maximum Gasteiger partial charge on any atom is 0.307 e. The summed E-state index contributed by atoms with van der Waals surface area (Å²) >= 11 is 3.41. The van der Waals surface area contributed by atoms with E-state index < -0.39 is 6.10 Å². The Kier molecular flexibility index (Phi) is 6.76. The molecule has 0 aromatic heterocycles. The minimum Gasteiger partial charge on any atom is -0.453 e.